The van der Waals surface area contributed by atoms with Gasteiger partial charge in [-0.1, -0.05) is 18.2 Å². The van der Waals surface area contributed by atoms with Crippen molar-refractivity contribution in [1.29, 1.82) is 0 Å². The summed E-state index contributed by atoms with van der Waals surface area (Å²) in [6.45, 7) is 2.62. The normalized spacial score (nSPS) is 10.9. The number of aryl methyl sites for hydroxylation is 3. The Morgan fingerprint density at radius 2 is 1.92 bits per heavy atom. The summed E-state index contributed by atoms with van der Waals surface area (Å²) in [7, 11) is 5.05. The summed E-state index contributed by atoms with van der Waals surface area (Å²) in [5.74, 6) is 0.704. The van der Waals surface area contributed by atoms with Gasteiger partial charge < -0.3 is 20.1 Å². The molecule has 10 heteroatoms. The minimum atomic E-state index is -0.396. The Hall–Kier alpha value is -4.86. The van der Waals surface area contributed by atoms with Crippen LogP contribution in [0.5, 0.6) is 11.5 Å². The van der Waals surface area contributed by atoms with Gasteiger partial charge in [-0.2, -0.15) is 10.2 Å². The van der Waals surface area contributed by atoms with E-state index >= 15 is 0 Å². The van der Waals surface area contributed by atoms with Crippen molar-refractivity contribution in [3.63, 3.8) is 0 Å². The second kappa shape index (κ2) is 11.9. The fraction of sp³-hybridized carbons (Fsp3) is 0.214. The van der Waals surface area contributed by atoms with Crippen LogP contribution >= 0.6 is 0 Å². The topological polar surface area (TPSA) is 112 Å². The van der Waals surface area contributed by atoms with Gasteiger partial charge in [-0.15, -0.1) is 0 Å². The second-order valence-corrected chi connectivity index (χ2v) is 8.73. The van der Waals surface area contributed by atoms with Crippen LogP contribution in [0.1, 0.15) is 32.7 Å². The van der Waals surface area contributed by atoms with E-state index in [9.17, 15) is 9.59 Å². The molecule has 2 N–H and O–H groups in total. The van der Waals surface area contributed by atoms with Crippen LogP contribution in [0.15, 0.2) is 67.1 Å². The van der Waals surface area contributed by atoms with Gasteiger partial charge in [0.2, 0.25) is 5.91 Å². The highest BCUT2D eigenvalue weighted by Crippen LogP contribution is 2.23. The first-order chi connectivity index (χ1) is 18.3. The van der Waals surface area contributed by atoms with Crippen molar-refractivity contribution in [3.8, 4) is 11.5 Å². The Balaban J connectivity index is 1.40. The zero-order chi connectivity index (χ0) is 27.1. The molecular formula is C28H30N6O4. The highest BCUT2D eigenvalue weighted by atomic mass is 16.5. The van der Waals surface area contributed by atoms with Crippen molar-refractivity contribution in [1.82, 2.24) is 24.9 Å². The summed E-state index contributed by atoms with van der Waals surface area (Å²) >= 11 is 0. The van der Waals surface area contributed by atoms with E-state index in [1.807, 2.05) is 55.6 Å². The summed E-state index contributed by atoms with van der Waals surface area (Å²) in [5.41, 5.74) is 4.17. The van der Waals surface area contributed by atoms with E-state index in [0.29, 0.717) is 24.6 Å². The fourth-order valence-electron chi connectivity index (χ4n) is 3.86. The molecular weight excluding hydrogens is 484 g/mol. The summed E-state index contributed by atoms with van der Waals surface area (Å²) in [4.78, 5) is 25.5. The van der Waals surface area contributed by atoms with E-state index in [4.69, 9.17) is 9.47 Å². The number of amides is 2. The Morgan fingerprint density at radius 1 is 1.08 bits per heavy atom. The summed E-state index contributed by atoms with van der Waals surface area (Å²) in [6, 6.07) is 13.4. The Bertz CT molecular complexity index is 1470. The van der Waals surface area contributed by atoms with Gasteiger partial charge in [0.05, 0.1) is 25.2 Å². The van der Waals surface area contributed by atoms with Gasteiger partial charge in [0.1, 0.15) is 23.8 Å². The molecule has 0 aliphatic carbocycles. The molecule has 0 fully saturated rings. The Labute approximate surface area is 220 Å². The van der Waals surface area contributed by atoms with E-state index in [-0.39, 0.29) is 11.6 Å². The number of methoxy groups -OCH3 is 1. The average molecular weight is 515 g/mol. The number of nitrogens with zero attached hydrogens (tertiary/aromatic N) is 4. The zero-order valence-corrected chi connectivity index (χ0v) is 21.8. The van der Waals surface area contributed by atoms with Gasteiger partial charge in [-0.25, -0.2) is 0 Å². The number of hydrogen-bond donors (Lipinski definition) is 2. The molecule has 0 bridgehead atoms. The van der Waals surface area contributed by atoms with Crippen LogP contribution in [0.4, 0.5) is 5.69 Å². The molecule has 0 saturated carbocycles. The second-order valence-electron chi connectivity index (χ2n) is 8.73. The number of hydrogen-bond acceptors (Lipinski definition) is 6. The standard InChI is InChI=1S/C28H30N6O4/c1-19-6-5-7-23(12-19)38-18-22-13-20(8-10-25(22)37-4)9-11-26(35)32-24-16-31-34(3)27(24)28(36)29-14-21-15-30-33(2)17-21/h5-13,15-17H,14,18H2,1-4H3,(H,29,36)(H,32,35)/b11-9+. The number of ether oxygens (including phenoxy) is 2. The first-order valence-corrected chi connectivity index (χ1v) is 12.0. The molecule has 2 aromatic carbocycles. The average Bonchev–Trinajstić information content (AvgIpc) is 3.49. The molecule has 38 heavy (non-hydrogen) atoms. The molecule has 4 aromatic rings. The molecule has 196 valence electrons. The number of benzene rings is 2. The molecule has 0 spiro atoms. The third-order valence-electron chi connectivity index (χ3n) is 5.74. The van der Waals surface area contributed by atoms with E-state index in [1.165, 1.54) is 17.0 Å². The van der Waals surface area contributed by atoms with Crippen LogP contribution in [0, 0.1) is 6.92 Å². The third kappa shape index (κ3) is 6.67. The summed E-state index contributed by atoms with van der Waals surface area (Å²) in [5, 5.41) is 13.8. The number of anilines is 1. The minimum absolute atomic E-state index is 0.246. The smallest absolute Gasteiger partial charge is 0.271 e. The first-order valence-electron chi connectivity index (χ1n) is 12.0. The molecule has 0 unspecified atom stereocenters. The lowest BCUT2D eigenvalue weighted by Gasteiger charge is -2.11. The third-order valence-corrected chi connectivity index (χ3v) is 5.74. The lowest BCUT2D eigenvalue weighted by molar-refractivity contribution is -0.111. The fourth-order valence-corrected chi connectivity index (χ4v) is 3.86. The monoisotopic (exact) mass is 514 g/mol. The largest absolute Gasteiger partial charge is 0.496 e. The summed E-state index contributed by atoms with van der Waals surface area (Å²) in [6.07, 6.45) is 8.02. The minimum Gasteiger partial charge on any atom is -0.496 e. The SMILES string of the molecule is COc1ccc(/C=C/C(=O)Nc2cnn(C)c2C(=O)NCc2cnn(C)c2)cc1COc1cccc(C)c1. The van der Waals surface area contributed by atoms with Crippen molar-refractivity contribution in [2.45, 2.75) is 20.1 Å². The molecule has 0 atom stereocenters. The Morgan fingerprint density at radius 3 is 2.66 bits per heavy atom. The van der Waals surface area contributed by atoms with Crippen molar-refractivity contribution < 1.29 is 19.1 Å². The maximum atomic E-state index is 12.8. The quantitative estimate of drug-likeness (QED) is 0.313. The molecule has 2 amide bonds. The molecule has 4 rings (SSSR count). The van der Waals surface area contributed by atoms with Crippen molar-refractivity contribution in [2.24, 2.45) is 14.1 Å². The van der Waals surface area contributed by atoms with Gasteiger partial charge >= 0.3 is 0 Å². The van der Waals surface area contributed by atoms with E-state index in [2.05, 4.69) is 20.8 Å². The highest BCUT2D eigenvalue weighted by molar-refractivity contribution is 6.06. The van der Waals surface area contributed by atoms with Crippen molar-refractivity contribution >= 4 is 23.6 Å². The van der Waals surface area contributed by atoms with Crippen LogP contribution in [-0.4, -0.2) is 38.5 Å². The van der Waals surface area contributed by atoms with Crippen molar-refractivity contribution in [2.75, 3.05) is 12.4 Å². The molecule has 10 nitrogen and oxygen atoms in total. The molecule has 2 aromatic heterocycles. The van der Waals surface area contributed by atoms with Crippen LogP contribution < -0.4 is 20.1 Å². The van der Waals surface area contributed by atoms with Crippen molar-refractivity contribution in [3.05, 3.63) is 95.1 Å². The zero-order valence-electron chi connectivity index (χ0n) is 21.8. The maximum Gasteiger partial charge on any atom is 0.271 e. The molecule has 0 aliphatic rings. The van der Waals surface area contributed by atoms with Gasteiger partial charge in [0.15, 0.2) is 0 Å². The van der Waals surface area contributed by atoms with E-state index in [0.717, 1.165) is 28.0 Å². The summed E-state index contributed by atoms with van der Waals surface area (Å²) < 4.78 is 14.5. The number of nitrogens with one attached hydrogen (secondary N) is 2. The highest BCUT2D eigenvalue weighted by Gasteiger charge is 2.18. The van der Waals surface area contributed by atoms with Gasteiger partial charge in [0.25, 0.3) is 5.91 Å². The van der Waals surface area contributed by atoms with E-state index in [1.54, 1.807) is 38.2 Å². The molecule has 2 heterocycles. The van der Waals surface area contributed by atoms with Crippen LogP contribution in [0.3, 0.4) is 0 Å². The Kier molecular flexibility index (Phi) is 8.22. The van der Waals surface area contributed by atoms with E-state index < -0.39 is 5.91 Å². The predicted molar refractivity (Wildman–Crippen MR) is 144 cm³/mol. The first kappa shape index (κ1) is 26.2. The maximum absolute atomic E-state index is 12.8. The predicted octanol–water partition coefficient (Wildman–Crippen LogP) is 3.63. The van der Waals surface area contributed by atoms with Crippen LogP contribution in [0.2, 0.25) is 0 Å². The number of rotatable bonds is 10. The molecule has 0 saturated heterocycles. The van der Waals surface area contributed by atoms with Crippen LogP contribution in [-0.2, 0) is 32.0 Å². The van der Waals surface area contributed by atoms with Crippen LogP contribution in [0.25, 0.3) is 6.08 Å². The van der Waals surface area contributed by atoms with Gasteiger partial charge in [0, 0.05) is 44.0 Å². The number of carbonyl (C=O) groups is 2. The molecule has 0 aliphatic heterocycles. The molecule has 0 radical (unpaired) electrons. The number of aromatic nitrogens is 4. The lowest BCUT2D eigenvalue weighted by Crippen LogP contribution is -2.26. The lowest BCUT2D eigenvalue weighted by atomic mass is 10.1. The number of carbonyl (C=O) groups excluding carboxylic acids is 2. The van der Waals surface area contributed by atoms with Gasteiger partial charge in [-0.05, 0) is 48.4 Å². The van der Waals surface area contributed by atoms with Gasteiger partial charge in [-0.3, -0.25) is 19.0 Å².